The Balaban J connectivity index is 0. The van der Waals surface area contributed by atoms with Gasteiger partial charge in [0.2, 0.25) is 0 Å². The third kappa shape index (κ3) is 7.63. The molecule has 1 atom stereocenters. The topological polar surface area (TPSA) is 26.3 Å². The highest BCUT2D eigenvalue weighted by molar-refractivity contribution is 5.75. The molecular weight excluding hydrogens is 128 g/mol. The first-order valence-electron chi connectivity index (χ1n) is 3.19. The molecule has 0 aromatic rings. The zero-order chi connectivity index (χ0) is 7.28. The summed E-state index contributed by atoms with van der Waals surface area (Å²) in [5.74, 6) is 0.235. The van der Waals surface area contributed by atoms with Crippen LogP contribution in [0.5, 0.6) is 0 Å². The van der Waals surface area contributed by atoms with Crippen molar-refractivity contribution in [2.45, 2.75) is 40.2 Å². The molecule has 62 valence electrons. The predicted molar refractivity (Wildman–Crippen MR) is 43.1 cm³/mol. The van der Waals surface area contributed by atoms with E-state index in [-0.39, 0.29) is 19.3 Å². The number of rotatable bonds is 4. The maximum atomic E-state index is 10.4. The normalized spacial score (nSPS) is 11.9. The van der Waals surface area contributed by atoms with Gasteiger partial charge in [0, 0.05) is 13.5 Å². The van der Waals surface area contributed by atoms with Crippen molar-refractivity contribution in [2.24, 2.45) is 0 Å². The molecule has 0 aliphatic carbocycles. The molecule has 1 unspecified atom stereocenters. The fourth-order valence-electron chi connectivity index (χ4n) is 0.524. The van der Waals surface area contributed by atoms with Crippen molar-refractivity contribution >= 4 is 5.78 Å². The standard InChI is InChI=1S/C7H14O2.CH4/c1-6(8)4-5-7(2)9-3;/h7H,4-5H2,1-3H3;1H4. The van der Waals surface area contributed by atoms with E-state index in [4.69, 9.17) is 4.74 Å². The van der Waals surface area contributed by atoms with E-state index >= 15 is 0 Å². The quantitative estimate of drug-likeness (QED) is 0.606. The van der Waals surface area contributed by atoms with Crippen LogP contribution in [0, 0.1) is 0 Å². The van der Waals surface area contributed by atoms with Gasteiger partial charge in [0.05, 0.1) is 6.10 Å². The SMILES string of the molecule is C.COC(C)CCC(C)=O. The Hall–Kier alpha value is -0.370. The minimum absolute atomic E-state index is 0. The number of Topliss-reactive ketones (excluding diaryl/α,β-unsaturated/α-hetero) is 1. The van der Waals surface area contributed by atoms with Crippen LogP contribution < -0.4 is 0 Å². The highest BCUT2D eigenvalue weighted by Crippen LogP contribution is 1.99. The van der Waals surface area contributed by atoms with E-state index in [1.54, 1.807) is 14.0 Å². The van der Waals surface area contributed by atoms with Crippen LogP contribution in [0.3, 0.4) is 0 Å². The van der Waals surface area contributed by atoms with Gasteiger partial charge in [0.25, 0.3) is 0 Å². The van der Waals surface area contributed by atoms with Crippen molar-refractivity contribution in [3.05, 3.63) is 0 Å². The molecular formula is C8H18O2. The summed E-state index contributed by atoms with van der Waals surface area (Å²) in [4.78, 5) is 10.4. The summed E-state index contributed by atoms with van der Waals surface area (Å²) < 4.78 is 4.95. The lowest BCUT2D eigenvalue weighted by Crippen LogP contribution is -2.06. The number of carbonyl (C=O) groups excluding carboxylic acids is 1. The number of carbonyl (C=O) groups is 1. The molecule has 0 aliphatic heterocycles. The number of hydrogen-bond donors (Lipinski definition) is 0. The Morgan fingerprint density at radius 3 is 2.40 bits per heavy atom. The second kappa shape index (κ2) is 6.75. The van der Waals surface area contributed by atoms with Crippen LogP contribution in [0.2, 0.25) is 0 Å². The molecule has 0 rings (SSSR count). The first-order valence-corrected chi connectivity index (χ1v) is 3.19. The van der Waals surface area contributed by atoms with E-state index < -0.39 is 0 Å². The van der Waals surface area contributed by atoms with Crippen LogP contribution in [-0.4, -0.2) is 19.0 Å². The van der Waals surface area contributed by atoms with E-state index in [0.717, 1.165) is 6.42 Å². The molecule has 2 heteroatoms. The van der Waals surface area contributed by atoms with Crippen molar-refractivity contribution in [1.82, 2.24) is 0 Å². The minimum atomic E-state index is 0. The largest absolute Gasteiger partial charge is 0.382 e. The fraction of sp³-hybridized carbons (Fsp3) is 0.875. The van der Waals surface area contributed by atoms with Gasteiger partial charge in [-0.25, -0.2) is 0 Å². The maximum Gasteiger partial charge on any atom is 0.129 e. The van der Waals surface area contributed by atoms with Crippen molar-refractivity contribution in [1.29, 1.82) is 0 Å². The summed E-state index contributed by atoms with van der Waals surface area (Å²) in [5.41, 5.74) is 0. The van der Waals surface area contributed by atoms with Gasteiger partial charge in [-0.2, -0.15) is 0 Å². The van der Waals surface area contributed by atoms with E-state index in [1.165, 1.54) is 0 Å². The Bertz CT molecular complexity index is 89.3. The molecule has 0 radical (unpaired) electrons. The lowest BCUT2D eigenvalue weighted by molar-refractivity contribution is -0.117. The average Bonchev–Trinajstić information content (AvgIpc) is 1.83. The van der Waals surface area contributed by atoms with Crippen LogP contribution in [-0.2, 0) is 9.53 Å². The third-order valence-corrected chi connectivity index (χ3v) is 1.31. The van der Waals surface area contributed by atoms with E-state index in [2.05, 4.69) is 0 Å². The molecule has 0 aromatic carbocycles. The molecule has 0 aliphatic rings. The Labute approximate surface area is 63.6 Å². The van der Waals surface area contributed by atoms with E-state index in [9.17, 15) is 4.79 Å². The van der Waals surface area contributed by atoms with Crippen LogP contribution in [0.25, 0.3) is 0 Å². The number of ether oxygens (including phenoxy) is 1. The van der Waals surface area contributed by atoms with Gasteiger partial charge in [-0.05, 0) is 20.3 Å². The highest BCUT2D eigenvalue weighted by Gasteiger charge is 1.99. The molecule has 10 heavy (non-hydrogen) atoms. The van der Waals surface area contributed by atoms with Crippen LogP contribution in [0.4, 0.5) is 0 Å². The summed E-state index contributed by atoms with van der Waals surface area (Å²) in [5, 5.41) is 0. The number of hydrogen-bond acceptors (Lipinski definition) is 2. The molecule has 0 amide bonds. The average molecular weight is 146 g/mol. The second-order valence-corrected chi connectivity index (χ2v) is 2.29. The summed E-state index contributed by atoms with van der Waals surface area (Å²) in [6, 6.07) is 0. The second-order valence-electron chi connectivity index (χ2n) is 2.29. The molecule has 2 nitrogen and oxygen atoms in total. The summed E-state index contributed by atoms with van der Waals surface area (Å²) >= 11 is 0. The smallest absolute Gasteiger partial charge is 0.129 e. The fourth-order valence-corrected chi connectivity index (χ4v) is 0.524. The summed E-state index contributed by atoms with van der Waals surface area (Å²) in [7, 11) is 1.66. The van der Waals surface area contributed by atoms with Gasteiger partial charge >= 0.3 is 0 Å². The van der Waals surface area contributed by atoms with Crippen molar-refractivity contribution in [3.63, 3.8) is 0 Å². The minimum Gasteiger partial charge on any atom is -0.382 e. The van der Waals surface area contributed by atoms with Gasteiger partial charge < -0.3 is 9.53 Å². The zero-order valence-electron chi connectivity index (χ0n) is 6.31. The molecule has 0 N–H and O–H groups in total. The zero-order valence-corrected chi connectivity index (χ0v) is 6.31. The third-order valence-electron chi connectivity index (χ3n) is 1.31. The monoisotopic (exact) mass is 146 g/mol. The van der Waals surface area contributed by atoms with Gasteiger partial charge in [-0.1, -0.05) is 7.43 Å². The molecule has 0 bridgehead atoms. The summed E-state index contributed by atoms with van der Waals surface area (Å²) in [6.45, 7) is 3.56. The molecule has 0 spiro atoms. The van der Waals surface area contributed by atoms with Crippen LogP contribution >= 0.6 is 0 Å². The van der Waals surface area contributed by atoms with E-state index in [1.807, 2.05) is 6.92 Å². The van der Waals surface area contributed by atoms with Crippen LogP contribution in [0.15, 0.2) is 0 Å². The van der Waals surface area contributed by atoms with Crippen LogP contribution in [0.1, 0.15) is 34.1 Å². The highest BCUT2D eigenvalue weighted by atomic mass is 16.5. The molecule has 0 saturated carbocycles. The molecule has 0 heterocycles. The molecule has 0 saturated heterocycles. The Morgan fingerprint density at radius 2 is 2.10 bits per heavy atom. The maximum absolute atomic E-state index is 10.4. The van der Waals surface area contributed by atoms with Crippen molar-refractivity contribution < 1.29 is 9.53 Å². The molecule has 0 fully saturated rings. The van der Waals surface area contributed by atoms with Gasteiger partial charge in [0.1, 0.15) is 5.78 Å². The van der Waals surface area contributed by atoms with Gasteiger partial charge in [-0.3, -0.25) is 0 Å². The Kier molecular flexibility index (Phi) is 8.31. The number of ketones is 1. The van der Waals surface area contributed by atoms with Crippen molar-refractivity contribution in [2.75, 3.05) is 7.11 Å². The lowest BCUT2D eigenvalue weighted by Gasteiger charge is -2.05. The first kappa shape index (κ1) is 12.3. The molecule has 0 aromatic heterocycles. The van der Waals surface area contributed by atoms with Crippen molar-refractivity contribution in [3.8, 4) is 0 Å². The first-order chi connectivity index (χ1) is 4.16. The van der Waals surface area contributed by atoms with Gasteiger partial charge in [-0.15, -0.1) is 0 Å². The lowest BCUT2D eigenvalue weighted by atomic mass is 10.2. The van der Waals surface area contributed by atoms with Gasteiger partial charge in [0.15, 0.2) is 0 Å². The summed E-state index contributed by atoms with van der Waals surface area (Å²) in [6.07, 6.45) is 1.69. The predicted octanol–water partition coefficient (Wildman–Crippen LogP) is 2.03. The number of methoxy groups -OCH3 is 1. The van der Waals surface area contributed by atoms with E-state index in [0.29, 0.717) is 6.42 Å². The Morgan fingerprint density at radius 1 is 1.60 bits per heavy atom.